The number of hydrogen-bond donors (Lipinski definition) is 1. The van der Waals surface area contributed by atoms with Crippen LogP contribution in [0.4, 0.5) is 5.69 Å². The third-order valence-corrected chi connectivity index (χ3v) is 7.46. The van der Waals surface area contributed by atoms with E-state index in [2.05, 4.69) is 5.32 Å². The van der Waals surface area contributed by atoms with Gasteiger partial charge in [-0.05, 0) is 42.0 Å². The number of amides is 3. The number of anilines is 1. The van der Waals surface area contributed by atoms with Gasteiger partial charge in [0.15, 0.2) is 6.61 Å². The molecule has 1 saturated heterocycles. The van der Waals surface area contributed by atoms with Gasteiger partial charge in [-0.3, -0.25) is 19.3 Å². The van der Waals surface area contributed by atoms with Crippen molar-refractivity contribution >= 4 is 52.6 Å². The molecule has 7 nitrogen and oxygen atoms in total. The van der Waals surface area contributed by atoms with E-state index < -0.39 is 36.4 Å². The molecule has 2 aromatic rings. The van der Waals surface area contributed by atoms with Crippen LogP contribution in [0.2, 0.25) is 10.0 Å². The van der Waals surface area contributed by atoms with E-state index in [-0.39, 0.29) is 35.1 Å². The summed E-state index contributed by atoms with van der Waals surface area (Å²) in [6.45, 7) is -0.598. The molecule has 1 N–H and O–H groups in total. The highest BCUT2D eigenvalue weighted by Gasteiger charge is 2.61. The predicted octanol–water partition coefficient (Wildman–Crippen LogP) is 3.89. The summed E-state index contributed by atoms with van der Waals surface area (Å²) >= 11 is 11.9. The van der Waals surface area contributed by atoms with Crippen molar-refractivity contribution < 1.29 is 23.9 Å². The zero-order chi connectivity index (χ0) is 24.7. The first-order valence-corrected chi connectivity index (χ1v) is 12.1. The van der Waals surface area contributed by atoms with E-state index in [0.717, 1.165) is 16.9 Å². The van der Waals surface area contributed by atoms with Gasteiger partial charge in [0.1, 0.15) is 6.04 Å². The first kappa shape index (κ1) is 23.6. The van der Waals surface area contributed by atoms with Crippen LogP contribution >= 0.6 is 23.2 Å². The molecule has 180 valence electrons. The van der Waals surface area contributed by atoms with Crippen LogP contribution in [-0.4, -0.2) is 41.2 Å². The number of esters is 1. The van der Waals surface area contributed by atoms with Gasteiger partial charge in [0.05, 0.1) is 22.5 Å². The Bertz CT molecular complexity index is 1200. The third-order valence-electron chi connectivity index (χ3n) is 6.91. The summed E-state index contributed by atoms with van der Waals surface area (Å²) in [5.74, 6) is -2.92. The second-order valence-electron chi connectivity index (χ2n) is 9.03. The maximum Gasteiger partial charge on any atom is 0.330 e. The first-order valence-electron chi connectivity index (χ1n) is 11.3. The van der Waals surface area contributed by atoms with Crippen molar-refractivity contribution in [3.63, 3.8) is 0 Å². The minimum Gasteiger partial charge on any atom is -0.454 e. The molecule has 1 aliphatic heterocycles. The molecule has 5 rings (SSSR count). The van der Waals surface area contributed by atoms with Crippen molar-refractivity contribution in [2.45, 2.75) is 18.9 Å². The van der Waals surface area contributed by atoms with Gasteiger partial charge in [-0.1, -0.05) is 65.7 Å². The van der Waals surface area contributed by atoms with E-state index >= 15 is 0 Å². The fraction of sp³-hybridized carbons (Fsp3) is 0.308. The van der Waals surface area contributed by atoms with Crippen molar-refractivity contribution in [2.24, 2.45) is 23.7 Å². The normalized spacial score (nSPS) is 25.0. The van der Waals surface area contributed by atoms with E-state index in [9.17, 15) is 19.2 Å². The SMILES string of the molecule is O=C(COC(=O)[C@H](Cc1ccccc1)N1C(=O)[C@H]2[C@H](C1=O)[C@H]1C=C[C@H]2C1)Nc1ccc(Cl)cc1Cl. The summed E-state index contributed by atoms with van der Waals surface area (Å²) in [7, 11) is 0. The monoisotopic (exact) mass is 512 g/mol. The molecule has 0 spiro atoms. The molecule has 0 unspecified atom stereocenters. The lowest BCUT2D eigenvalue weighted by Crippen LogP contribution is -2.48. The van der Waals surface area contributed by atoms with Gasteiger partial charge >= 0.3 is 5.97 Å². The third kappa shape index (κ3) is 4.46. The number of ether oxygens (including phenoxy) is 1. The Labute approximate surface area is 212 Å². The molecule has 2 aromatic carbocycles. The summed E-state index contributed by atoms with van der Waals surface area (Å²) in [5.41, 5.74) is 1.09. The highest BCUT2D eigenvalue weighted by Crippen LogP contribution is 2.53. The van der Waals surface area contributed by atoms with Gasteiger partial charge in [0.2, 0.25) is 11.8 Å². The van der Waals surface area contributed by atoms with Crippen LogP contribution in [-0.2, 0) is 30.3 Å². The van der Waals surface area contributed by atoms with Crippen LogP contribution in [0.15, 0.2) is 60.7 Å². The molecule has 5 atom stereocenters. The van der Waals surface area contributed by atoms with Gasteiger partial charge in [-0.25, -0.2) is 4.79 Å². The fourth-order valence-corrected chi connectivity index (χ4v) is 5.82. The molecule has 2 bridgehead atoms. The number of fused-ring (bicyclic) bond motifs is 5. The number of halogens is 2. The molecule has 1 saturated carbocycles. The summed E-state index contributed by atoms with van der Waals surface area (Å²) in [6, 6.07) is 12.5. The lowest BCUT2D eigenvalue weighted by molar-refractivity contribution is -0.160. The van der Waals surface area contributed by atoms with Gasteiger partial charge in [0.25, 0.3) is 5.91 Å². The van der Waals surface area contributed by atoms with Crippen LogP contribution in [0.1, 0.15) is 12.0 Å². The maximum atomic E-state index is 13.3. The summed E-state index contributed by atoms with van der Waals surface area (Å²) < 4.78 is 5.29. The molecule has 9 heteroatoms. The quantitative estimate of drug-likeness (QED) is 0.345. The molecular weight excluding hydrogens is 491 g/mol. The minimum atomic E-state index is -1.16. The number of carbonyl (C=O) groups is 4. The second kappa shape index (κ2) is 9.47. The zero-order valence-electron chi connectivity index (χ0n) is 18.5. The van der Waals surface area contributed by atoms with Crippen LogP contribution in [0.5, 0.6) is 0 Å². The number of allylic oxidation sites excluding steroid dienone is 2. The topological polar surface area (TPSA) is 92.8 Å². The van der Waals surface area contributed by atoms with Crippen LogP contribution < -0.4 is 5.32 Å². The number of benzene rings is 2. The largest absolute Gasteiger partial charge is 0.454 e. The van der Waals surface area contributed by atoms with Crippen molar-refractivity contribution in [1.29, 1.82) is 0 Å². The first-order chi connectivity index (χ1) is 16.8. The molecule has 1 heterocycles. The van der Waals surface area contributed by atoms with Crippen molar-refractivity contribution in [1.82, 2.24) is 4.90 Å². The highest BCUT2D eigenvalue weighted by molar-refractivity contribution is 6.36. The van der Waals surface area contributed by atoms with Gasteiger partial charge in [0, 0.05) is 11.4 Å². The Morgan fingerprint density at radius 1 is 1.00 bits per heavy atom. The van der Waals surface area contributed by atoms with Gasteiger partial charge < -0.3 is 10.1 Å². The second-order valence-corrected chi connectivity index (χ2v) is 9.88. The molecular formula is C26H22Cl2N2O5. The average molecular weight is 513 g/mol. The summed E-state index contributed by atoms with van der Waals surface area (Å²) in [5, 5.41) is 3.21. The number of imide groups is 1. The number of nitrogens with zero attached hydrogens (tertiary/aromatic N) is 1. The van der Waals surface area contributed by atoms with E-state index in [1.165, 1.54) is 12.1 Å². The van der Waals surface area contributed by atoms with Crippen molar-refractivity contribution in [3.05, 3.63) is 76.3 Å². The zero-order valence-corrected chi connectivity index (χ0v) is 20.0. The highest BCUT2D eigenvalue weighted by atomic mass is 35.5. The molecule has 0 radical (unpaired) electrons. The smallest absolute Gasteiger partial charge is 0.330 e. The summed E-state index contributed by atoms with van der Waals surface area (Å²) in [6.07, 6.45) is 4.89. The summed E-state index contributed by atoms with van der Waals surface area (Å²) in [4.78, 5) is 53.3. The molecule has 0 aromatic heterocycles. The van der Waals surface area contributed by atoms with Crippen LogP contribution in [0, 0.1) is 23.7 Å². The van der Waals surface area contributed by atoms with Crippen LogP contribution in [0.25, 0.3) is 0 Å². The van der Waals surface area contributed by atoms with Crippen molar-refractivity contribution in [2.75, 3.05) is 11.9 Å². The number of carbonyl (C=O) groups excluding carboxylic acids is 4. The average Bonchev–Trinajstić information content (AvgIpc) is 3.52. The molecule has 2 aliphatic carbocycles. The minimum absolute atomic E-state index is 0.0229. The lowest BCUT2D eigenvalue weighted by atomic mass is 9.85. The van der Waals surface area contributed by atoms with E-state index in [1.807, 2.05) is 42.5 Å². The van der Waals surface area contributed by atoms with E-state index in [1.54, 1.807) is 6.07 Å². The number of likely N-dealkylation sites (tertiary alicyclic amines) is 1. The maximum absolute atomic E-state index is 13.3. The molecule has 3 aliphatic rings. The Morgan fingerprint density at radius 3 is 2.29 bits per heavy atom. The van der Waals surface area contributed by atoms with Gasteiger partial charge in [-0.2, -0.15) is 0 Å². The van der Waals surface area contributed by atoms with Gasteiger partial charge in [-0.15, -0.1) is 0 Å². The fourth-order valence-electron chi connectivity index (χ4n) is 5.36. The number of nitrogens with one attached hydrogen (secondary N) is 1. The lowest BCUT2D eigenvalue weighted by Gasteiger charge is -2.26. The van der Waals surface area contributed by atoms with E-state index in [4.69, 9.17) is 27.9 Å². The van der Waals surface area contributed by atoms with Crippen LogP contribution in [0.3, 0.4) is 0 Å². The molecule has 2 fully saturated rings. The standard InChI is InChI=1S/C26H22Cl2N2O5/c27-17-8-9-19(18(28)12-17)29-21(31)13-35-26(34)20(10-14-4-2-1-3-5-14)30-24(32)22-15-6-7-16(11-15)23(22)25(30)33/h1-9,12,15-16,20,22-23H,10-11,13H2,(H,29,31)/t15-,16-,20-,22+,23+/m0/s1. The Kier molecular flexibility index (Phi) is 6.38. The van der Waals surface area contributed by atoms with E-state index in [0.29, 0.717) is 10.7 Å². The number of rotatable bonds is 7. The number of hydrogen-bond acceptors (Lipinski definition) is 5. The Hall–Kier alpha value is -3.16. The predicted molar refractivity (Wildman–Crippen MR) is 130 cm³/mol. The van der Waals surface area contributed by atoms with Crippen molar-refractivity contribution in [3.8, 4) is 0 Å². The molecule has 3 amide bonds. The Morgan fingerprint density at radius 2 is 1.66 bits per heavy atom. The molecule has 35 heavy (non-hydrogen) atoms. The Balaban J connectivity index is 1.32.